The second-order valence-corrected chi connectivity index (χ2v) is 11.2. The van der Waals surface area contributed by atoms with Gasteiger partial charge in [-0.3, -0.25) is 4.79 Å². The molecule has 2 N–H and O–H groups in total. The van der Waals surface area contributed by atoms with Crippen LogP contribution in [0.3, 0.4) is 0 Å². The zero-order valence-corrected chi connectivity index (χ0v) is 17.7. The van der Waals surface area contributed by atoms with Crippen LogP contribution in [0.4, 0.5) is 5.13 Å². The third-order valence-electron chi connectivity index (χ3n) is 5.16. The highest BCUT2D eigenvalue weighted by molar-refractivity contribution is 8.01. The van der Waals surface area contributed by atoms with E-state index in [9.17, 15) is 4.79 Å². The molecule has 0 saturated heterocycles. The van der Waals surface area contributed by atoms with Gasteiger partial charge in [-0.15, -0.1) is 21.5 Å². The number of aromatic amines is 1. The lowest BCUT2D eigenvalue weighted by molar-refractivity contribution is 0.509. The highest BCUT2D eigenvalue weighted by Crippen LogP contribution is 2.39. The van der Waals surface area contributed by atoms with Crippen LogP contribution in [-0.4, -0.2) is 26.2 Å². The number of anilines is 1. The molecule has 0 aliphatic heterocycles. The largest absolute Gasteiger partial charge is 0.357 e. The average Bonchev–Trinajstić information content (AvgIpc) is 3.20. The molecule has 3 aromatic heterocycles. The molecule has 0 bridgehead atoms. The molecule has 6 nitrogen and oxygen atoms in total. The van der Waals surface area contributed by atoms with E-state index in [0.29, 0.717) is 12.0 Å². The molecule has 0 amide bonds. The van der Waals surface area contributed by atoms with Crippen molar-refractivity contribution in [2.24, 2.45) is 5.92 Å². The lowest BCUT2D eigenvalue weighted by atomic mass is 9.89. The van der Waals surface area contributed by atoms with Gasteiger partial charge in [0.2, 0.25) is 5.13 Å². The predicted octanol–water partition coefficient (Wildman–Crippen LogP) is 4.39. The minimum Gasteiger partial charge on any atom is -0.357 e. The molecule has 5 rings (SSSR count). The maximum Gasteiger partial charge on any atom is 0.259 e. The van der Waals surface area contributed by atoms with Crippen molar-refractivity contribution in [2.75, 3.05) is 5.32 Å². The molecule has 1 fully saturated rings. The van der Waals surface area contributed by atoms with Gasteiger partial charge in [0.05, 0.1) is 10.6 Å². The lowest BCUT2D eigenvalue weighted by Crippen LogP contribution is -2.15. The molecule has 2 atom stereocenters. The van der Waals surface area contributed by atoms with Gasteiger partial charge in [-0.25, -0.2) is 4.98 Å². The van der Waals surface area contributed by atoms with Crippen molar-refractivity contribution in [2.45, 2.75) is 61.6 Å². The maximum absolute atomic E-state index is 12.8. The van der Waals surface area contributed by atoms with Gasteiger partial charge in [-0.05, 0) is 50.5 Å². The fraction of sp³-hybridized carbons (Fsp3) is 0.556. The Morgan fingerprint density at radius 2 is 2.11 bits per heavy atom. The third-order valence-corrected chi connectivity index (χ3v) is 8.35. The van der Waals surface area contributed by atoms with E-state index in [0.717, 1.165) is 44.8 Å². The first-order valence-corrected chi connectivity index (χ1v) is 11.9. The SMILES string of the molecule is C[C@@H]1CCc2c(sc3nc([C@@H](C)Sc4nnc(NC5CC5)s4)[nH]c(=O)c23)C1. The van der Waals surface area contributed by atoms with Crippen molar-refractivity contribution in [3.63, 3.8) is 0 Å². The Kier molecular flexibility index (Phi) is 4.48. The molecular formula is C18H21N5OS3. The lowest BCUT2D eigenvalue weighted by Gasteiger charge is -2.17. The number of aromatic nitrogens is 4. The van der Waals surface area contributed by atoms with E-state index in [1.807, 2.05) is 0 Å². The van der Waals surface area contributed by atoms with E-state index in [4.69, 9.17) is 4.98 Å². The Bertz CT molecular complexity index is 1050. The number of thiophene rings is 1. The van der Waals surface area contributed by atoms with Gasteiger partial charge >= 0.3 is 0 Å². The summed E-state index contributed by atoms with van der Waals surface area (Å²) in [5, 5.41) is 13.6. The molecule has 3 heterocycles. The van der Waals surface area contributed by atoms with Gasteiger partial charge in [-0.2, -0.15) is 0 Å². The summed E-state index contributed by atoms with van der Waals surface area (Å²) in [5.41, 5.74) is 1.23. The van der Waals surface area contributed by atoms with Crippen molar-refractivity contribution in [1.29, 1.82) is 0 Å². The number of nitrogens with zero attached hydrogens (tertiary/aromatic N) is 3. The summed E-state index contributed by atoms with van der Waals surface area (Å²) in [6, 6.07) is 0.571. The number of hydrogen-bond acceptors (Lipinski definition) is 8. The van der Waals surface area contributed by atoms with Gasteiger partial charge in [0.25, 0.3) is 5.56 Å². The number of H-pyrrole nitrogens is 1. The normalized spacial score (nSPS) is 20.6. The van der Waals surface area contributed by atoms with Crippen LogP contribution in [0.5, 0.6) is 0 Å². The molecular weight excluding hydrogens is 398 g/mol. The highest BCUT2D eigenvalue weighted by atomic mass is 32.2. The van der Waals surface area contributed by atoms with Gasteiger partial charge in [0.1, 0.15) is 10.7 Å². The molecule has 0 radical (unpaired) electrons. The molecule has 0 spiro atoms. The zero-order valence-electron chi connectivity index (χ0n) is 15.2. The van der Waals surface area contributed by atoms with E-state index in [2.05, 4.69) is 34.3 Å². The van der Waals surface area contributed by atoms with E-state index >= 15 is 0 Å². The summed E-state index contributed by atoms with van der Waals surface area (Å²) in [5.74, 6) is 1.41. The fourth-order valence-electron chi connectivity index (χ4n) is 3.48. The molecule has 27 heavy (non-hydrogen) atoms. The maximum atomic E-state index is 12.8. The molecule has 0 unspecified atom stereocenters. The molecule has 1 saturated carbocycles. The number of fused-ring (bicyclic) bond motifs is 3. The Morgan fingerprint density at radius 3 is 2.93 bits per heavy atom. The van der Waals surface area contributed by atoms with E-state index < -0.39 is 0 Å². The average molecular weight is 420 g/mol. The van der Waals surface area contributed by atoms with Crippen LogP contribution in [0.2, 0.25) is 0 Å². The molecule has 9 heteroatoms. The quantitative estimate of drug-likeness (QED) is 0.597. The first-order chi connectivity index (χ1) is 13.1. The summed E-state index contributed by atoms with van der Waals surface area (Å²) in [7, 11) is 0. The standard InChI is InChI=1S/C18H21N5OS3/c1-8-3-6-11-12(7-8)26-16-13(11)15(24)20-14(21-16)9(2)25-18-23-22-17(27-18)19-10-4-5-10/h8-10H,3-7H2,1-2H3,(H,19,22)(H,20,21,24)/t8-,9-/m1/s1. The topological polar surface area (TPSA) is 83.6 Å². The number of hydrogen-bond donors (Lipinski definition) is 2. The Labute approximate surface area is 169 Å². The summed E-state index contributed by atoms with van der Waals surface area (Å²) in [4.78, 5) is 22.8. The van der Waals surface area contributed by atoms with Crippen LogP contribution < -0.4 is 10.9 Å². The molecule has 0 aromatic carbocycles. The molecule has 2 aliphatic carbocycles. The minimum absolute atomic E-state index is 0.00264. The second kappa shape index (κ2) is 6.86. The molecule has 3 aromatic rings. The summed E-state index contributed by atoms with van der Waals surface area (Å²) in [6.07, 6.45) is 5.64. The van der Waals surface area contributed by atoms with Gasteiger partial charge < -0.3 is 10.3 Å². The van der Waals surface area contributed by atoms with Crippen LogP contribution in [-0.2, 0) is 12.8 Å². The number of aryl methyl sites for hydroxylation is 1. The Balaban J connectivity index is 1.40. The smallest absolute Gasteiger partial charge is 0.259 e. The first-order valence-electron chi connectivity index (χ1n) is 9.38. The summed E-state index contributed by atoms with van der Waals surface area (Å²) >= 11 is 4.86. The number of thioether (sulfide) groups is 1. The first kappa shape index (κ1) is 17.6. The zero-order chi connectivity index (χ0) is 18.5. The van der Waals surface area contributed by atoms with Crippen LogP contribution in [0.25, 0.3) is 10.2 Å². The van der Waals surface area contributed by atoms with Gasteiger partial charge in [-0.1, -0.05) is 30.0 Å². The van der Waals surface area contributed by atoms with Gasteiger partial charge in [0, 0.05) is 10.9 Å². The summed E-state index contributed by atoms with van der Waals surface area (Å²) < 4.78 is 0.896. The van der Waals surface area contributed by atoms with Crippen LogP contribution in [0, 0.1) is 5.92 Å². The number of rotatable bonds is 5. The second-order valence-electron chi connectivity index (χ2n) is 7.53. The van der Waals surface area contributed by atoms with E-state index in [-0.39, 0.29) is 10.8 Å². The summed E-state index contributed by atoms with van der Waals surface area (Å²) in [6.45, 7) is 4.34. The Hall–Kier alpha value is -1.45. The minimum atomic E-state index is 0.00264. The van der Waals surface area contributed by atoms with Crippen LogP contribution in [0.1, 0.15) is 54.6 Å². The van der Waals surface area contributed by atoms with Crippen molar-refractivity contribution in [3.05, 3.63) is 26.6 Å². The monoisotopic (exact) mass is 419 g/mol. The van der Waals surface area contributed by atoms with E-state index in [1.54, 1.807) is 34.4 Å². The van der Waals surface area contributed by atoms with Crippen molar-refractivity contribution < 1.29 is 0 Å². The third kappa shape index (κ3) is 3.52. The number of nitrogens with one attached hydrogen (secondary N) is 2. The van der Waals surface area contributed by atoms with Crippen molar-refractivity contribution in [1.82, 2.24) is 20.2 Å². The van der Waals surface area contributed by atoms with Crippen LogP contribution >= 0.6 is 34.4 Å². The molecule has 142 valence electrons. The fourth-order valence-corrected chi connectivity index (χ4v) is 6.90. The van der Waals surface area contributed by atoms with Crippen LogP contribution in [0.15, 0.2) is 9.13 Å². The van der Waals surface area contributed by atoms with Crippen molar-refractivity contribution >= 4 is 49.8 Å². The highest BCUT2D eigenvalue weighted by Gasteiger charge is 2.25. The molecule has 2 aliphatic rings. The van der Waals surface area contributed by atoms with E-state index in [1.165, 1.54) is 23.3 Å². The Morgan fingerprint density at radius 1 is 1.26 bits per heavy atom. The van der Waals surface area contributed by atoms with Gasteiger partial charge in [0.15, 0.2) is 4.34 Å². The van der Waals surface area contributed by atoms with Crippen molar-refractivity contribution in [3.8, 4) is 0 Å². The predicted molar refractivity (Wildman–Crippen MR) is 112 cm³/mol.